The van der Waals surface area contributed by atoms with Crippen LogP contribution in [0, 0.1) is 0 Å². The van der Waals surface area contributed by atoms with Crippen molar-refractivity contribution in [1.82, 2.24) is 9.47 Å². The number of carbonyl (C=O) groups excluding carboxylic acids is 1. The number of aryl methyl sites for hydroxylation is 1. The van der Waals surface area contributed by atoms with Gasteiger partial charge in [-0.25, -0.2) is 0 Å². The maximum absolute atomic E-state index is 11.3. The van der Waals surface area contributed by atoms with E-state index in [4.69, 9.17) is 4.74 Å². The highest BCUT2D eigenvalue weighted by Gasteiger charge is 2.14. The second-order valence-electron chi connectivity index (χ2n) is 5.24. The van der Waals surface area contributed by atoms with Crippen LogP contribution in [-0.2, 0) is 17.8 Å². The van der Waals surface area contributed by atoms with Crippen molar-refractivity contribution in [2.45, 2.75) is 26.8 Å². The summed E-state index contributed by atoms with van der Waals surface area (Å²) in [6, 6.07) is 5.87. The van der Waals surface area contributed by atoms with Crippen molar-refractivity contribution < 1.29 is 9.53 Å². The van der Waals surface area contributed by atoms with Crippen LogP contribution in [0.1, 0.15) is 19.4 Å². The van der Waals surface area contributed by atoms with Crippen molar-refractivity contribution in [3.8, 4) is 5.75 Å². The van der Waals surface area contributed by atoms with Gasteiger partial charge in [0.1, 0.15) is 5.75 Å². The third kappa shape index (κ3) is 3.02. The number of hydrogen-bond acceptors (Lipinski definition) is 3. The molecule has 1 aromatic heterocycles. The maximum Gasteiger partial charge on any atom is 0.308 e. The first-order chi connectivity index (χ1) is 9.52. The minimum absolute atomic E-state index is 0.277. The number of carbonyl (C=O) groups is 1. The van der Waals surface area contributed by atoms with Crippen LogP contribution in [0.4, 0.5) is 0 Å². The van der Waals surface area contributed by atoms with Crippen LogP contribution >= 0.6 is 0 Å². The minimum atomic E-state index is -0.277. The third-order valence-corrected chi connectivity index (χ3v) is 3.37. The van der Waals surface area contributed by atoms with Crippen LogP contribution in [0.3, 0.4) is 0 Å². The van der Waals surface area contributed by atoms with Crippen molar-refractivity contribution in [3.05, 3.63) is 30.0 Å². The van der Waals surface area contributed by atoms with E-state index in [9.17, 15) is 4.79 Å². The summed E-state index contributed by atoms with van der Waals surface area (Å²) in [7, 11) is 4.12. The van der Waals surface area contributed by atoms with E-state index in [1.807, 2.05) is 12.1 Å². The average Bonchev–Trinajstić information content (AvgIpc) is 2.75. The molecule has 0 spiro atoms. The Labute approximate surface area is 119 Å². The number of rotatable bonds is 5. The van der Waals surface area contributed by atoms with E-state index in [1.54, 1.807) is 0 Å². The lowest BCUT2D eigenvalue weighted by molar-refractivity contribution is -0.131. The fourth-order valence-corrected chi connectivity index (χ4v) is 2.44. The van der Waals surface area contributed by atoms with E-state index in [2.05, 4.69) is 42.7 Å². The largest absolute Gasteiger partial charge is 0.426 e. The van der Waals surface area contributed by atoms with Gasteiger partial charge >= 0.3 is 5.97 Å². The Balaban J connectivity index is 2.51. The highest BCUT2D eigenvalue weighted by Crippen LogP contribution is 2.31. The third-order valence-electron chi connectivity index (χ3n) is 3.37. The van der Waals surface area contributed by atoms with Gasteiger partial charge in [-0.15, -0.1) is 0 Å². The number of nitrogens with zero attached hydrogens (tertiary/aromatic N) is 2. The van der Waals surface area contributed by atoms with Gasteiger partial charge in [-0.2, -0.15) is 0 Å². The van der Waals surface area contributed by atoms with E-state index >= 15 is 0 Å². The Kier molecular flexibility index (Phi) is 4.45. The number of likely N-dealkylation sites (N-methyl/N-ethyl adjacent to an activating group) is 1. The Morgan fingerprint density at radius 3 is 2.70 bits per heavy atom. The summed E-state index contributed by atoms with van der Waals surface area (Å²) in [6.45, 7) is 5.43. The molecule has 0 aliphatic heterocycles. The minimum Gasteiger partial charge on any atom is -0.426 e. The van der Waals surface area contributed by atoms with Gasteiger partial charge in [0.15, 0.2) is 0 Å². The van der Waals surface area contributed by atoms with Gasteiger partial charge in [-0.05, 0) is 45.1 Å². The van der Waals surface area contributed by atoms with Crippen molar-refractivity contribution in [2.75, 3.05) is 20.6 Å². The number of hydrogen-bond donors (Lipinski definition) is 0. The molecule has 0 aliphatic rings. The summed E-state index contributed by atoms with van der Waals surface area (Å²) in [5.41, 5.74) is 2.35. The lowest BCUT2D eigenvalue weighted by atomic mass is 10.1. The van der Waals surface area contributed by atoms with Gasteiger partial charge in [0.2, 0.25) is 0 Å². The molecule has 108 valence electrons. The Morgan fingerprint density at radius 2 is 2.10 bits per heavy atom. The van der Waals surface area contributed by atoms with Crippen molar-refractivity contribution in [2.24, 2.45) is 0 Å². The zero-order chi connectivity index (χ0) is 14.7. The van der Waals surface area contributed by atoms with Crippen LogP contribution in [0.15, 0.2) is 24.4 Å². The molecule has 0 aliphatic carbocycles. The summed E-state index contributed by atoms with van der Waals surface area (Å²) in [6.07, 6.45) is 3.11. The average molecular weight is 274 g/mol. The topological polar surface area (TPSA) is 34.5 Å². The first-order valence-corrected chi connectivity index (χ1v) is 6.96. The second-order valence-corrected chi connectivity index (χ2v) is 5.24. The lowest BCUT2D eigenvalue weighted by Gasteiger charge is -2.09. The Hall–Kier alpha value is -1.81. The molecule has 2 aromatic rings. The molecular weight excluding hydrogens is 252 g/mol. The molecule has 0 saturated carbocycles. The SMILES string of the molecule is CCn1cc(CCN(C)C)c2c(OC(C)=O)cccc21. The molecule has 2 rings (SSSR count). The van der Waals surface area contributed by atoms with Gasteiger partial charge in [0, 0.05) is 31.6 Å². The summed E-state index contributed by atoms with van der Waals surface area (Å²) in [5, 5.41) is 1.06. The molecule has 0 radical (unpaired) electrons. The number of aromatic nitrogens is 1. The first-order valence-electron chi connectivity index (χ1n) is 6.96. The van der Waals surface area contributed by atoms with Gasteiger partial charge in [-0.3, -0.25) is 4.79 Å². The summed E-state index contributed by atoms with van der Waals surface area (Å²) >= 11 is 0. The van der Waals surface area contributed by atoms with Gasteiger partial charge in [0.05, 0.1) is 5.52 Å². The molecule has 0 N–H and O–H groups in total. The molecular formula is C16H22N2O2. The lowest BCUT2D eigenvalue weighted by Crippen LogP contribution is -2.15. The van der Waals surface area contributed by atoms with Crippen molar-refractivity contribution in [1.29, 1.82) is 0 Å². The smallest absolute Gasteiger partial charge is 0.308 e. The molecule has 0 amide bonds. The van der Waals surface area contributed by atoms with E-state index in [-0.39, 0.29) is 5.97 Å². The van der Waals surface area contributed by atoms with Crippen LogP contribution in [0.25, 0.3) is 10.9 Å². The summed E-state index contributed by atoms with van der Waals surface area (Å²) < 4.78 is 7.57. The zero-order valence-electron chi connectivity index (χ0n) is 12.6. The monoisotopic (exact) mass is 274 g/mol. The number of esters is 1. The quantitative estimate of drug-likeness (QED) is 0.621. The molecule has 4 heteroatoms. The molecule has 4 nitrogen and oxygen atoms in total. The van der Waals surface area contributed by atoms with Crippen LogP contribution < -0.4 is 4.74 Å². The molecule has 0 saturated heterocycles. The first kappa shape index (κ1) is 14.6. The Morgan fingerprint density at radius 1 is 1.35 bits per heavy atom. The van der Waals surface area contributed by atoms with E-state index in [0.717, 1.165) is 30.4 Å². The molecule has 0 bridgehead atoms. The van der Waals surface area contributed by atoms with Crippen LogP contribution in [0.2, 0.25) is 0 Å². The van der Waals surface area contributed by atoms with Crippen molar-refractivity contribution in [3.63, 3.8) is 0 Å². The fourth-order valence-electron chi connectivity index (χ4n) is 2.44. The number of ether oxygens (including phenoxy) is 1. The Bertz CT molecular complexity index is 614. The molecule has 0 fully saturated rings. The molecule has 0 unspecified atom stereocenters. The predicted molar refractivity (Wildman–Crippen MR) is 81.2 cm³/mol. The van der Waals surface area contributed by atoms with E-state index < -0.39 is 0 Å². The fraction of sp³-hybridized carbons (Fsp3) is 0.438. The van der Waals surface area contributed by atoms with Crippen molar-refractivity contribution >= 4 is 16.9 Å². The highest BCUT2D eigenvalue weighted by molar-refractivity contribution is 5.91. The van der Waals surface area contributed by atoms with E-state index in [0.29, 0.717) is 5.75 Å². The normalized spacial score (nSPS) is 11.2. The highest BCUT2D eigenvalue weighted by atomic mass is 16.5. The molecule has 1 aromatic carbocycles. The predicted octanol–water partition coefficient (Wildman–Crippen LogP) is 2.69. The van der Waals surface area contributed by atoms with Crippen LogP contribution in [0.5, 0.6) is 5.75 Å². The summed E-state index contributed by atoms with van der Waals surface area (Å²) in [5.74, 6) is 0.385. The molecule has 0 atom stereocenters. The molecule has 1 heterocycles. The summed E-state index contributed by atoms with van der Waals surface area (Å²) in [4.78, 5) is 13.4. The van der Waals surface area contributed by atoms with E-state index in [1.165, 1.54) is 12.5 Å². The number of fused-ring (bicyclic) bond motifs is 1. The van der Waals surface area contributed by atoms with Gasteiger partial charge < -0.3 is 14.2 Å². The maximum atomic E-state index is 11.3. The second kappa shape index (κ2) is 6.09. The molecule has 20 heavy (non-hydrogen) atoms. The van der Waals surface area contributed by atoms with Gasteiger partial charge in [0.25, 0.3) is 0 Å². The number of benzene rings is 1. The van der Waals surface area contributed by atoms with Crippen LogP contribution in [-0.4, -0.2) is 36.1 Å². The zero-order valence-corrected chi connectivity index (χ0v) is 12.6. The standard InChI is InChI=1S/C16H22N2O2/c1-5-18-11-13(9-10-17(3)4)16-14(18)7-6-8-15(16)20-12(2)19/h6-8,11H,5,9-10H2,1-4H3. The van der Waals surface area contributed by atoms with Gasteiger partial charge in [-0.1, -0.05) is 6.07 Å².